The molecule has 0 aromatic carbocycles. The van der Waals surface area contributed by atoms with E-state index in [1.54, 1.807) is 18.3 Å². The Labute approximate surface area is 145 Å². The highest BCUT2D eigenvalue weighted by molar-refractivity contribution is 7.09. The molecule has 1 amide bonds. The summed E-state index contributed by atoms with van der Waals surface area (Å²) < 4.78 is 5.70. The topological polar surface area (TPSA) is 84.2 Å². The Morgan fingerprint density at radius 2 is 2.29 bits per heavy atom. The summed E-state index contributed by atoms with van der Waals surface area (Å²) >= 11 is 1.60. The summed E-state index contributed by atoms with van der Waals surface area (Å²) in [5.74, 6) is 1.46. The Balaban J connectivity index is 1.75. The zero-order valence-electron chi connectivity index (χ0n) is 14.5. The van der Waals surface area contributed by atoms with E-state index in [0.29, 0.717) is 24.9 Å². The Hall–Kier alpha value is -1.80. The Morgan fingerprint density at radius 1 is 1.50 bits per heavy atom. The average Bonchev–Trinajstić information content (AvgIpc) is 3.20. The highest BCUT2D eigenvalue weighted by Crippen LogP contribution is 2.34. The maximum absolute atomic E-state index is 11.7. The number of likely N-dealkylation sites (tertiary alicyclic amines) is 1. The predicted molar refractivity (Wildman–Crippen MR) is 90.6 cm³/mol. The second-order valence-electron chi connectivity index (χ2n) is 6.71. The van der Waals surface area contributed by atoms with Crippen molar-refractivity contribution in [2.45, 2.75) is 52.1 Å². The molecule has 0 aliphatic carbocycles. The molecule has 1 atom stereocenters. The lowest BCUT2D eigenvalue weighted by Gasteiger charge is -2.28. The van der Waals surface area contributed by atoms with Crippen molar-refractivity contribution < 1.29 is 9.21 Å². The number of hydrogen-bond acceptors (Lipinski definition) is 7. The molecule has 2 aromatic rings. The summed E-state index contributed by atoms with van der Waals surface area (Å²) in [5.41, 5.74) is 0.558. The van der Waals surface area contributed by atoms with Gasteiger partial charge in [-0.25, -0.2) is 4.98 Å². The first-order chi connectivity index (χ1) is 11.4. The van der Waals surface area contributed by atoms with Crippen LogP contribution in [0.15, 0.2) is 9.80 Å². The quantitative estimate of drug-likeness (QED) is 0.891. The van der Waals surface area contributed by atoms with Gasteiger partial charge in [0.2, 0.25) is 17.7 Å². The minimum Gasteiger partial charge on any atom is -0.424 e. The van der Waals surface area contributed by atoms with Gasteiger partial charge in [0.05, 0.1) is 6.54 Å². The van der Waals surface area contributed by atoms with Crippen molar-refractivity contribution in [2.75, 3.05) is 13.1 Å². The highest BCUT2D eigenvalue weighted by Gasteiger charge is 2.43. The van der Waals surface area contributed by atoms with Crippen LogP contribution in [-0.4, -0.2) is 39.1 Å². The van der Waals surface area contributed by atoms with Crippen molar-refractivity contribution in [3.63, 3.8) is 0 Å². The molecule has 1 aliphatic heterocycles. The molecule has 1 aliphatic rings. The van der Waals surface area contributed by atoms with Crippen molar-refractivity contribution in [1.29, 1.82) is 0 Å². The van der Waals surface area contributed by atoms with E-state index in [1.807, 2.05) is 26.2 Å². The van der Waals surface area contributed by atoms with Gasteiger partial charge in [0, 0.05) is 37.0 Å². The molecule has 1 unspecified atom stereocenters. The number of nitrogens with zero attached hydrogens (tertiary/aromatic N) is 4. The van der Waals surface area contributed by atoms with E-state index in [4.69, 9.17) is 4.42 Å². The molecule has 130 valence electrons. The molecule has 1 N–H and O–H groups in total. The van der Waals surface area contributed by atoms with Crippen LogP contribution in [0.3, 0.4) is 0 Å². The van der Waals surface area contributed by atoms with Crippen molar-refractivity contribution in [3.8, 4) is 0 Å². The number of rotatable bonds is 5. The molecule has 24 heavy (non-hydrogen) atoms. The van der Waals surface area contributed by atoms with E-state index >= 15 is 0 Å². The predicted octanol–water partition coefficient (Wildman–Crippen LogP) is 2.20. The second kappa shape index (κ2) is 6.60. The zero-order chi connectivity index (χ0) is 17.3. The van der Waals surface area contributed by atoms with Crippen molar-refractivity contribution in [3.05, 3.63) is 27.9 Å². The van der Waals surface area contributed by atoms with E-state index in [2.05, 4.69) is 25.4 Å². The van der Waals surface area contributed by atoms with Crippen LogP contribution in [0.2, 0.25) is 0 Å². The molecule has 0 radical (unpaired) electrons. The fraction of sp³-hybridized carbons (Fsp3) is 0.625. The third-order valence-corrected chi connectivity index (χ3v) is 5.29. The fourth-order valence-corrected chi connectivity index (χ4v) is 3.99. The smallest absolute Gasteiger partial charge is 0.230 e. The van der Waals surface area contributed by atoms with Gasteiger partial charge in [-0.2, -0.15) is 0 Å². The average molecular weight is 349 g/mol. The Morgan fingerprint density at radius 3 is 2.88 bits per heavy atom. The van der Waals surface area contributed by atoms with E-state index in [0.717, 1.165) is 23.7 Å². The minimum absolute atomic E-state index is 0.0374. The molecule has 1 saturated heterocycles. The van der Waals surface area contributed by atoms with Gasteiger partial charge >= 0.3 is 0 Å². The molecule has 0 bridgehead atoms. The number of carbonyl (C=O) groups is 1. The van der Waals surface area contributed by atoms with Crippen LogP contribution in [0.25, 0.3) is 0 Å². The van der Waals surface area contributed by atoms with Crippen LogP contribution < -0.4 is 5.32 Å². The number of nitrogens with one attached hydrogen (secondary N) is 1. The number of aryl methyl sites for hydroxylation is 1. The van der Waals surface area contributed by atoms with Crippen LogP contribution in [0.5, 0.6) is 0 Å². The molecule has 3 rings (SSSR count). The fourth-order valence-electron chi connectivity index (χ4n) is 3.02. The van der Waals surface area contributed by atoms with E-state index in [-0.39, 0.29) is 11.8 Å². The number of aromatic nitrogens is 3. The normalized spacial score (nSPS) is 21.5. The minimum atomic E-state index is -0.425. The number of hydrogen-bond donors (Lipinski definition) is 1. The lowest BCUT2D eigenvalue weighted by molar-refractivity contribution is -0.120. The number of thiazole rings is 1. The van der Waals surface area contributed by atoms with Crippen LogP contribution >= 0.6 is 11.3 Å². The zero-order valence-corrected chi connectivity index (χ0v) is 15.3. The summed E-state index contributed by atoms with van der Waals surface area (Å²) in [6.07, 6.45) is 0.824. The molecule has 7 nitrogen and oxygen atoms in total. The standard InChI is InChI=1S/C16H23N5O2S/c1-10(2)14-20-19-13(23-14)7-21-6-5-16(9-21,18-12(4)22)15-17-11(3)8-24-15/h8,10H,5-7,9H2,1-4H3,(H,18,22). The molecule has 3 heterocycles. The SMILES string of the molecule is CC(=O)NC1(c2nc(C)cs2)CCN(Cc2nnc(C(C)C)o2)C1. The summed E-state index contributed by atoms with van der Waals surface area (Å²) in [6.45, 7) is 9.71. The van der Waals surface area contributed by atoms with Gasteiger partial charge in [-0.05, 0) is 13.3 Å². The first-order valence-corrected chi connectivity index (χ1v) is 9.02. The maximum atomic E-state index is 11.7. The summed E-state index contributed by atoms with van der Waals surface area (Å²) in [6, 6.07) is 0. The molecule has 0 saturated carbocycles. The first kappa shape index (κ1) is 17.0. The molecule has 1 fully saturated rings. The Bertz CT molecular complexity index is 726. The number of carbonyl (C=O) groups excluding carboxylic acids is 1. The molecular formula is C16H23N5O2S. The molecule has 0 spiro atoms. The third-order valence-electron chi connectivity index (χ3n) is 4.13. The van der Waals surface area contributed by atoms with E-state index < -0.39 is 5.54 Å². The van der Waals surface area contributed by atoms with Crippen molar-refractivity contribution >= 4 is 17.2 Å². The van der Waals surface area contributed by atoms with Crippen LogP contribution in [-0.2, 0) is 16.9 Å². The van der Waals surface area contributed by atoms with Crippen LogP contribution in [0, 0.1) is 6.92 Å². The second-order valence-corrected chi connectivity index (χ2v) is 7.56. The van der Waals surface area contributed by atoms with E-state index in [1.165, 1.54) is 0 Å². The highest BCUT2D eigenvalue weighted by atomic mass is 32.1. The van der Waals surface area contributed by atoms with Gasteiger partial charge in [-0.15, -0.1) is 21.5 Å². The van der Waals surface area contributed by atoms with Crippen molar-refractivity contribution in [2.24, 2.45) is 0 Å². The summed E-state index contributed by atoms with van der Waals surface area (Å²) in [7, 11) is 0. The maximum Gasteiger partial charge on any atom is 0.230 e. The van der Waals surface area contributed by atoms with Crippen molar-refractivity contribution in [1.82, 2.24) is 25.4 Å². The Kier molecular flexibility index (Phi) is 4.69. The molecular weight excluding hydrogens is 326 g/mol. The summed E-state index contributed by atoms with van der Waals surface area (Å²) in [5, 5.41) is 14.3. The largest absolute Gasteiger partial charge is 0.424 e. The molecule has 8 heteroatoms. The van der Waals surface area contributed by atoms with Crippen LogP contribution in [0.1, 0.15) is 55.6 Å². The van der Waals surface area contributed by atoms with E-state index in [9.17, 15) is 4.79 Å². The summed E-state index contributed by atoms with van der Waals surface area (Å²) in [4.78, 5) is 18.6. The van der Waals surface area contributed by atoms with Crippen LogP contribution in [0.4, 0.5) is 0 Å². The van der Waals surface area contributed by atoms with Gasteiger partial charge in [-0.1, -0.05) is 13.8 Å². The molecule has 2 aromatic heterocycles. The van der Waals surface area contributed by atoms with Gasteiger partial charge in [-0.3, -0.25) is 9.69 Å². The van der Waals surface area contributed by atoms with Gasteiger partial charge in [0.15, 0.2) is 0 Å². The lowest BCUT2D eigenvalue weighted by Crippen LogP contribution is -2.47. The first-order valence-electron chi connectivity index (χ1n) is 8.14. The number of amides is 1. The van der Waals surface area contributed by atoms with Gasteiger partial charge < -0.3 is 9.73 Å². The monoisotopic (exact) mass is 349 g/mol. The van der Waals surface area contributed by atoms with Gasteiger partial charge in [0.1, 0.15) is 10.5 Å². The third kappa shape index (κ3) is 3.49. The lowest BCUT2D eigenvalue weighted by atomic mass is 9.99. The van der Waals surface area contributed by atoms with Gasteiger partial charge in [0.25, 0.3) is 0 Å².